The van der Waals surface area contributed by atoms with Crippen molar-refractivity contribution in [2.75, 3.05) is 18.5 Å². The van der Waals surface area contributed by atoms with E-state index in [4.69, 9.17) is 9.47 Å². The van der Waals surface area contributed by atoms with E-state index < -0.39 is 5.97 Å². The Balaban J connectivity index is 1.77. The Morgan fingerprint density at radius 2 is 1.69 bits per heavy atom. The van der Waals surface area contributed by atoms with Crippen molar-refractivity contribution in [2.45, 2.75) is 33.1 Å². The van der Waals surface area contributed by atoms with E-state index in [1.807, 2.05) is 48.5 Å². The highest BCUT2D eigenvalue weighted by atomic mass is 16.6. The van der Waals surface area contributed by atoms with Crippen molar-refractivity contribution in [1.29, 1.82) is 0 Å². The lowest BCUT2D eigenvalue weighted by atomic mass is 10.0. The van der Waals surface area contributed by atoms with E-state index in [1.165, 1.54) is 5.56 Å². The van der Waals surface area contributed by atoms with Crippen molar-refractivity contribution >= 4 is 17.6 Å². The van der Waals surface area contributed by atoms with Crippen LogP contribution in [0.4, 0.5) is 5.69 Å². The Bertz CT molecular complexity index is 738. The zero-order valence-corrected chi connectivity index (χ0v) is 15.5. The quantitative estimate of drug-likeness (QED) is 0.729. The zero-order chi connectivity index (χ0) is 18.9. The van der Waals surface area contributed by atoms with Gasteiger partial charge in [-0.3, -0.25) is 4.79 Å². The normalized spacial score (nSPS) is 10.5. The molecule has 0 saturated carbocycles. The fourth-order valence-corrected chi connectivity index (χ4v) is 2.45. The van der Waals surface area contributed by atoms with Crippen LogP contribution in [-0.4, -0.2) is 25.1 Å². The second-order valence-corrected chi connectivity index (χ2v) is 6.24. The molecule has 26 heavy (non-hydrogen) atoms. The average molecular weight is 355 g/mol. The summed E-state index contributed by atoms with van der Waals surface area (Å²) >= 11 is 0. The Hall–Kier alpha value is -2.82. The Morgan fingerprint density at radius 3 is 2.35 bits per heavy atom. The number of anilines is 1. The third kappa shape index (κ3) is 5.92. The first kappa shape index (κ1) is 19.5. The largest absolute Gasteiger partial charge is 0.482 e. The molecule has 1 amide bonds. The first-order valence-electron chi connectivity index (χ1n) is 8.75. The third-order valence-corrected chi connectivity index (χ3v) is 3.91. The van der Waals surface area contributed by atoms with Gasteiger partial charge in [0.15, 0.2) is 13.2 Å². The molecule has 0 atom stereocenters. The predicted molar refractivity (Wildman–Crippen MR) is 101 cm³/mol. The number of carbonyl (C=O) groups is 2. The van der Waals surface area contributed by atoms with Crippen molar-refractivity contribution in [3.63, 3.8) is 0 Å². The fourth-order valence-electron chi connectivity index (χ4n) is 2.45. The number of hydrogen-bond acceptors (Lipinski definition) is 4. The van der Waals surface area contributed by atoms with Crippen LogP contribution in [0, 0.1) is 0 Å². The number of rotatable bonds is 8. The number of para-hydroxylation sites is 1. The molecule has 138 valence electrons. The van der Waals surface area contributed by atoms with Gasteiger partial charge in [0, 0.05) is 5.69 Å². The number of hydrogen-bond donors (Lipinski definition) is 1. The van der Waals surface area contributed by atoms with Gasteiger partial charge in [0.2, 0.25) is 0 Å². The molecule has 2 rings (SSSR count). The Labute approximate surface area is 154 Å². The summed E-state index contributed by atoms with van der Waals surface area (Å²) in [5.41, 5.74) is 2.96. The van der Waals surface area contributed by atoms with E-state index in [2.05, 4.69) is 26.1 Å². The molecule has 0 radical (unpaired) electrons. The molecule has 2 aromatic carbocycles. The summed E-state index contributed by atoms with van der Waals surface area (Å²) in [6, 6.07) is 15.1. The Kier molecular flexibility index (Phi) is 7.21. The molecule has 0 aliphatic heterocycles. The summed E-state index contributed by atoms with van der Waals surface area (Å²) in [5.74, 6) is -0.0911. The van der Waals surface area contributed by atoms with Gasteiger partial charge in [0.05, 0.1) is 0 Å². The van der Waals surface area contributed by atoms with Crippen LogP contribution in [0.2, 0.25) is 0 Å². The summed E-state index contributed by atoms with van der Waals surface area (Å²) in [5, 5.41) is 2.78. The van der Waals surface area contributed by atoms with Gasteiger partial charge < -0.3 is 14.8 Å². The number of benzene rings is 2. The van der Waals surface area contributed by atoms with Gasteiger partial charge in [0.25, 0.3) is 5.91 Å². The van der Waals surface area contributed by atoms with Crippen molar-refractivity contribution in [3.05, 3.63) is 59.7 Å². The van der Waals surface area contributed by atoms with Gasteiger partial charge in [-0.15, -0.1) is 0 Å². The summed E-state index contributed by atoms with van der Waals surface area (Å²) in [6.45, 7) is 5.59. The molecule has 0 heterocycles. The van der Waals surface area contributed by atoms with Crippen LogP contribution < -0.4 is 10.1 Å². The van der Waals surface area contributed by atoms with E-state index in [1.54, 1.807) is 0 Å². The topological polar surface area (TPSA) is 64.6 Å². The molecule has 1 N–H and O–H groups in total. The molecule has 5 nitrogen and oxygen atoms in total. The summed E-state index contributed by atoms with van der Waals surface area (Å²) < 4.78 is 10.3. The lowest BCUT2D eigenvalue weighted by Gasteiger charge is -2.13. The van der Waals surface area contributed by atoms with Crippen LogP contribution in [-0.2, 0) is 20.7 Å². The standard InChI is InChI=1S/C21H25NO4/c1-4-16-9-11-17(12-10-16)25-14-21(24)26-13-20(23)22-19-8-6-5-7-18(19)15(2)3/h5-12,15H,4,13-14H2,1-3H3,(H,22,23). The van der Waals surface area contributed by atoms with Crippen LogP contribution in [0.25, 0.3) is 0 Å². The lowest BCUT2D eigenvalue weighted by molar-refractivity contribution is -0.149. The van der Waals surface area contributed by atoms with Crippen LogP contribution in [0.3, 0.4) is 0 Å². The van der Waals surface area contributed by atoms with E-state index in [-0.39, 0.29) is 25.0 Å². The second-order valence-electron chi connectivity index (χ2n) is 6.24. The average Bonchev–Trinajstić information content (AvgIpc) is 2.65. The molecule has 0 bridgehead atoms. The van der Waals surface area contributed by atoms with Gasteiger partial charge in [-0.25, -0.2) is 4.79 Å². The number of ether oxygens (including phenoxy) is 2. The maximum Gasteiger partial charge on any atom is 0.344 e. The summed E-state index contributed by atoms with van der Waals surface area (Å²) in [7, 11) is 0. The molecule has 0 saturated heterocycles. The van der Waals surface area contributed by atoms with Gasteiger partial charge in [-0.2, -0.15) is 0 Å². The van der Waals surface area contributed by atoms with Crippen LogP contribution in [0.15, 0.2) is 48.5 Å². The van der Waals surface area contributed by atoms with Gasteiger partial charge in [-0.05, 0) is 41.7 Å². The van der Waals surface area contributed by atoms with E-state index in [9.17, 15) is 9.59 Å². The fraction of sp³-hybridized carbons (Fsp3) is 0.333. The number of amides is 1. The highest BCUT2D eigenvalue weighted by Gasteiger charge is 2.12. The minimum Gasteiger partial charge on any atom is -0.482 e. The number of aryl methyl sites for hydroxylation is 1. The molecule has 0 aliphatic carbocycles. The molecule has 0 spiro atoms. The first-order chi connectivity index (χ1) is 12.5. The second kappa shape index (κ2) is 9.61. The van der Waals surface area contributed by atoms with Gasteiger partial charge >= 0.3 is 5.97 Å². The lowest BCUT2D eigenvalue weighted by Crippen LogP contribution is -2.24. The smallest absolute Gasteiger partial charge is 0.344 e. The van der Waals surface area contributed by atoms with E-state index >= 15 is 0 Å². The monoisotopic (exact) mass is 355 g/mol. The predicted octanol–water partition coefficient (Wildman–Crippen LogP) is 3.93. The minimum absolute atomic E-state index is 0.235. The molecular weight excluding hydrogens is 330 g/mol. The van der Waals surface area contributed by atoms with Crippen molar-refractivity contribution in [2.24, 2.45) is 0 Å². The van der Waals surface area contributed by atoms with Crippen molar-refractivity contribution in [1.82, 2.24) is 0 Å². The summed E-state index contributed by atoms with van der Waals surface area (Å²) in [4.78, 5) is 23.8. The number of nitrogens with one attached hydrogen (secondary N) is 1. The minimum atomic E-state index is -0.586. The van der Waals surface area contributed by atoms with Crippen LogP contribution in [0.5, 0.6) is 5.75 Å². The van der Waals surface area contributed by atoms with E-state index in [0.29, 0.717) is 5.75 Å². The Morgan fingerprint density at radius 1 is 1.00 bits per heavy atom. The third-order valence-electron chi connectivity index (χ3n) is 3.91. The molecular formula is C21H25NO4. The highest BCUT2D eigenvalue weighted by molar-refractivity contribution is 5.93. The van der Waals surface area contributed by atoms with Crippen LogP contribution in [0.1, 0.15) is 37.8 Å². The van der Waals surface area contributed by atoms with Crippen molar-refractivity contribution in [3.8, 4) is 5.75 Å². The molecule has 0 fully saturated rings. The molecule has 5 heteroatoms. The maximum atomic E-state index is 12.0. The summed E-state index contributed by atoms with van der Waals surface area (Å²) in [6.07, 6.45) is 0.942. The van der Waals surface area contributed by atoms with Crippen LogP contribution >= 0.6 is 0 Å². The zero-order valence-electron chi connectivity index (χ0n) is 15.5. The molecule has 2 aromatic rings. The number of esters is 1. The molecule has 0 aliphatic rings. The van der Waals surface area contributed by atoms with E-state index in [0.717, 1.165) is 17.7 Å². The molecule has 0 aromatic heterocycles. The molecule has 0 unspecified atom stereocenters. The SMILES string of the molecule is CCc1ccc(OCC(=O)OCC(=O)Nc2ccccc2C(C)C)cc1. The maximum absolute atomic E-state index is 12.0. The van der Waals surface area contributed by atoms with Gasteiger partial charge in [-0.1, -0.05) is 51.1 Å². The highest BCUT2D eigenvalue weighted by Crippen LogP contribution is 2.23. The first-order valence-corrected chi connectivity index (χ1v) is 8.75. The van der Waals surface area contributed by atoms with Crippen molar-refractivity contribution < 1.29 is 19.1 Å². The number of carbonyl (C=O) groups excluding carboxylic acids is 2. The van der Waals surface area contributed by atoms with Gasteiger partial charge in [0.1, 0.15) is 5.75 Å².